The highest BCUT2D eigenvalue weighted by molar-refractivity contribution is 5.99. The molecule has 1 fully saturated rings. The summed E-state index contributed by atoms with van der Waals surface area (Å²) in [5, 5.41) is 3.14. The molecule has 0 aromatic carbocycles. The van der Waals surface area contributed by atoms with Crippen molar-refractivity contribution < 1.29 is 18.7 Å². The normalized spacial score (nSPS) is 27.7. The van der Waals surface area contributed by atoms with Crippen molar-refractivity contribution in [2.45, 2.75) is 77.1 Å². The zero-order chi connectivity index (χ0) is 27.1. The van der Waals surface area contributed by atoms with Crippen LogP contribution in [0, 0.1) is 11.8 Å². The summed E-state index contributed by atoms with van der Waals surface area (Å²) in [4.78, 5) is 37.0. The highest BCUT2D eigenvalue weighted by Crippen LogP contribution is 2.51. The third-order valence-electron chi connectivity index (χ3n) is 7.01. The maximum absolute atomic E-state index is 13.7. The van der Waals surface area contributed by atoms with Gasteiger partial charge in [0.15, 0.2) is 5.96 Å². The number of hydrogen-bond acceptors (Lipinski definition) is 6. The number of pyridine rings is 1. The standard InChI is InChI=1S/C28H36FN5O3/c1-7-18-21(13-28(5,6)37-22(18)11-16(2)29)32-25(36)20-12-19(20)24(17-9-8-10-31-15-17)34-23(35)14-27(3,4)33-26(34)30/h7-11,15,19-21,24H,1,12-14H2,2-6H3,(H2,30,33)(H,32,36)/b16-11+/t19-,20-,21?,24-/m1/s1. The third-order valence-corrected chi connectivity index (χ3v) is 7.01. The minimum absolute atomic E-state index is 0.126. The SMILES string of the molecule is C=CC1=C(/C=C(\C)F)OC(C)(C)CC1NC(=O)[C@@H]1C[C@H]1[C@@H](c1cccnc1)N1C(=O)CC(C)(C)N=C1N. The molecule has 0 spiro atoms. The van der Waals surface area contributed by atoms with Gasteiger partial charge in [-0.25, -0.2) is 9.38 Å². The predicted molar refractivity (Wildman–Crippen MR) is 140 cm³/mol. The Balaban J connectivity index is 1.60. The molecule has 198 valence electrons. The molecule has 1 aromatic rings. The number of carbonyl (C=O) groups excluding carboxylic acids is 2. The Morgan fingerprint density at radius 1 is 1.38 bits per heavy atom. The number of allylic oxidation sites excluding steroid dienone is 2. The van der Waals surface area contributed by atoms with E-state index >= 15 is 0 Å². The average molecular weight is 510 g/mol. The van der Waals surface area contributed by atoms with E-state index in [4.69, 9.17) is 10.5 Å². The van der Waals surface area contributed by atoms with Gasteiger partial charge in [0.25, 0.3) is 0 Å². The van der Waals surface area contributed by atoms with E-state index in [1.165, 1.54) is 17.9 Å². The number of amides is 2. The molecule has 1 aliphatic carbocycles. The second-order valence-electron chi connectivity index (χ2n) is 11.3. The molecule has 8 nitrogen and oxygen atoms in total. The lowest BCUT2D eigenvalue weighted by Gasteiger charge is -2.39. The summed E-state index contributed by atoms with van der Waals surface area (Å²) in [6.45, 7) is 12.7. The van der Waals surface area contributed by atoms with E-state index in [2.05, 4.69) is 21.9 Å². The monoisotopic (exact) mass is 509 g/mol. The van der Waals surface area contributed by atoms with Gasteiger partial charge in [-0.15, -0.1) is 0 Å². The highest BCUT2D eigenvalue weighted by Gasteiger charge is 2.53. The first-order valence-corrected chi connectivity index (χ1v) is 12.6. The molecule has 0 saturated heterocycles. The lowest BCUT2D eigenvalue weighted by molar-refractivity contribution is -0.132. The van der Waals surface area contributed by atoms with Crippen LogP contribution in [-0.4, -0.2) is 44.8 Å². The molecule has 1 unspecified atom stereocenters. The highest BCUT2D eigenvalue weighted by atomic mass is 19.1. The number of nitrogens with zero attached hydrogens (tertiary/aromatic N) is 3. The average Bonchev–Trinajstić information content (AvgIpc) is 3.55. The fraction of sp³-hybridized carbons (Fsp3) is 0.500. The van der Waals surface area contributed by atoms with E-state index in [1.54, 1.807) is 24.5 Å². The smallest absolute Gasteiger partial charge is 0.232 e. The van der Waals surface area contributed by atoms with Crippen LogP contribution in [0.2, 0.25) is 0 Å². The van der Waals surface area contributed by atoms with Crippen molar-refractivity contribution in [1.82, 2.24) is 15.2 Å². The van der Waals surface area contributed by atoms with Crippen LogP contribution in [0.1, 0.15) is 65.5 Å². The molecule has 37 heavy (non-hydrogen) atoms. The molecule has 0 bridgehead atoms. The second-order valence-corrected chi connectivity index (χ2v) is 11.3. The Labute approximate surface area is 217 Å². The van der Waals surface area contributed by atoms with Crippen LogP contribution in [0.25, 0.3) is 0 Å². The maximum Gasteiger partial charge on any atom is 0.232 e. The van der Waals surface area contributed by atoms with Crippen molar-refractivity contribution in [2.75, 3.05) is 0 Å². The number of hydrogen-bond donors (Lipinski definition) is 2. The number of ether oxygens (including phenoxy) is 1. The molecule has 3 heterocycles. The van der Waals surface area contributed by atoms with Crippen LogP contribution in [-0.2, 0) is 14.3 Å². The van der Waals surface area contributed by atoms with Gasteiger partial charge in [-0.05, 0) is 58.6 Å². The molecule has 1 saturated carbocycles. The van der Waals surface area contributed by atoms with Crippen LogP contribution < -0.4 is 11.1 Å². The van der Waals surface area contributed by atoms with Gasteiger partial charge in [-0.1, -0.05) is 18.7 Å². The third kappa shape index (κ3) is 5.76. The Kier molecular flexibility index (Phi) is 7.01. The number of rotatable bonds is 7. The number of aliphatic imine (C=N–C) groups is 1. The predicted octanol–water partition coefficient (Wildman–Crippen LogP) is 4.08. The molecule has 4 atom stereocenters. The number of aromatic nitrogens is 1. The van der Waals surface area contributed by atoms with Gasteiger partial charge in [0.1, 0.15) is 17.2 Å². The minimum Gasteiger partial charge on any atom is -0.487 e. The first kappa shape index (κ1) is 26.6. The molecule has 2 aliphatic heterocycles. The number of carbonyl (C=O) groups is 2. The maximum atomic E-state index is 13.7. The molecule has 9 heteroatoms. The largest absolute Gasteiger partial charge is 0.487 e. The molecule has 3 aliphatic rings. The first-order chi connectivity index (χ1) is 17.3. The van der Waals surface area contributed by atoms with Crippen LogP contribution in [0.4, 0.5) is 4.39 Å². The van der Waals surface area contributed by atoms with Crippen LogP contribution in [0.5, 0.6) is 0 Å². The number of halogens is 1. The lowest BCUT2D eigenvalue weighted by atomic mass is 9.89. The van der Waals surface area contributed by atoms with E-state index in [9.17, 15) is 14.0 Å². The van der Waals surface area contributed by atoms with E-state index < -0.39 is 23.0 Å². The van der Waals surface area contributed by atoms with Crippen molar-refractivity contribution in [3.63, 3.8) is 0 Å². The Morgan fingerprint density at radius 2 is 2.11 bits per heavy atom. The first-order valence-electron chi connectivity index (χ1n) is 12.6. The van der Waals surface area contributed by atoms with Crippen molar-refractivity contribution in [1.29, 1.82) is 0 Å². The lowest BCUT2D eigenvalue weighted by Crippen LogP contribution is -2.52. The van der Waals surface area contributed by atoms with Crippen molar-refractivity contribution in [3.8, 4) is 0 Å². The van der Waals surface area contributed by atoms with Crippen molar-refractivity contribution >= 4 is 17.8 Å². The van der Waals surface area contributed by atoms with Gasteiger partial charge in [-0.3, -0.25) is 19.5 Å². The fourth-order valence-electron chi connectivity index (χ4n) is 5.40. The number of guanidine groups is 1. The summed E-state index contributed by atoms with van der Waals surface area (Å²) in [7, 11) is 0. The molecular weight excluding hydrogens is 473 g/mol. The van der Waals surface area contributed by atoms with Crippen molar-refractivity contribution in [2.24, 2.45) is 22.6 Å². The van der Waals surface area contributed by atoms with Gasteiger partial charge >= 0.3 is 0 Å². The van der Waals surface area contributed by atoms with E-state index in [1.807, 2.05) is 33.8 Å². The molecule has 3 N–H and O–H groups in total. The zero-order valence-electron chi connectivity index (χ0n) is 22.1. The number of nitrogens with one attached hydrogen (secondary N) is 1. The van der Waals surface area contributed by atoms with Crippen molar-refractivity contribution in [3.05, 3.63) is 66.0 Å². The summed E-state index contributed by atoms with van der Waals surface area (Å²) in [6.07, 6.45) is 7.60. The Morgan fingerprint density at radius 3 is 2.70 bits per heavy atom. The van der Waals surface area contributed by atoms with E-state index in [0.29, 0.717) is 24.2 Å². The summed E-state index contributed by atoms with van der Waals surface area (Å²) in [6, 6.07) is 2.85. The van der Waals surface area contributed by atoms with Gasteiger partial charge in [0, 0.05) is 36.4 Å². The second kappa shape index (κ2) is 9.76. The van der Waals surface area contributed by atoms with E-state index in [0.717, 1.165) is 5.56 Å². The molecule has 2 amide bonds. The summed E-state index contributed by atoms with van der Waals surface area (Å²) >= 11 is 0. The van der Waals surface area contributed by atoms with Gasteiger partial charge in [0.2, 0.25) is 11.8 Å². The molecule has 1 aromatic heterocycles. The number of nitrogens with two attached hydrogens (primary N) is 1. The van der Waals surface area contributed by atoms with E-state index in [-0.39, 0.29) is 42.1 Å². The summed E-state index contributed by atoms with van der Waals surface area (Å²) in [5.74, 6) is -0.628. The minimum atomic E-state index is -0.606. The summed E-state index contributed by atoms with van der Waals surface area (Å²) < 4.78 is 19.7. The Hall–Kier alpha value is -3.49. The molecular formula is C28H36FN5O3. The van der Waals surface area contributed by atoms with Crippen LogP contribution >= 0.6 is 0 Å². The summed E-state index contributed by atoms with van der Waals surface area (Å²) in [5.41, 5.74) is 6.56. The molecule has 0 radical (unpaired) electrons. The van der Waals surface area contributed by atoms with Gasteiger partial charge in [0.05, 0.1) is 24.0 Å². The Bertz CT molecular complexity index is 1180. The quantitative estimate of drug-likeness (QED) is 0.576. The topological polar surface area (TPSA) is 110 Å². The van der Waals surface area contributed by atoms with Crippen LogP contribution in [0.15, 0.2) is 65.4 Å². The van der Waals surface area contributed by atoms with Gasteiger partial charge < -0.3 is 15.8 Å². The van der Waals surface area contributed by atoms with Crippen LogP contribution in [0.3, 0.4) is 0 Å². The molecule has 4 rings (SSSR count). The zero-order valence-corrected chi connectivity index (χ0v) is 22.1. The van der Waals surface area contributed by atoms with Gasteiger partial charge in [-0.2, -0.15) is 0 Å². The fourth-order valence-corrected chi connectivity index (χ4v) is 5.40.